The molecular weight excluding hydrogens is 300 g/mol. The van der Waals surface area contributed by atoms with Crippen LogP contribution in [-0.2, 0) is 11.2 Å². The Morgan fingerprint density at radius 2 is 1.96 bits per heavy atom. The van der Waals surface area contributed by atoms with Gasteiger partial charge < -0.3 is 15.0 Å². The summed E-state index contributed by atoms with van der Waals surface area (Å²) in [6.07, 6.45) is 5.34. The largest absolute Gasteiger partial charge is 0.444 e. The maximum atomic E-state index is 12.3. The number of aryl methyl sites for hydroxylation is 1. The highest BCUT2D eigenvalue weighted by atomic mass is 16.6. The van der Waals surface area contributed by atoms with Gasteiger partial charge in [-0.05, 0) is 64.0 Å². The summed E-state index contributed by atoms with van der Waals surface area (Å²) in [5, 5.41) is 3.84. The molecule has 1 heterocycles. The van der Waals surface area contributed by atoms with E-state index in [9.17, 15) is 4.79 Å². The number of nitrogens with one attached hydrogen (secondary N) is 1. The van der Waals surface area contributed by atoms with Gasteiger partial charge in [0, 0.05) is 25.2 Å². The summed E-state index contributed by atoms with van der Waals surface area (Å²) in [4.78, 5) is 14.1. The highest BCUT2D eigenvalue weighted by Gasteiger charge is 2.28. The molecule has 1 aliphatic carbocycles. The van der Waals surface area contributed by atoms with Crippen molar-refractivity contribution in [3.63, 3.8) is 0 Å². The molecule has 0 saturated carbocycles. The summed E-state index contributed by atoms with van der Waals surface area (Å²) in [5.41, 5.74) is 2.53. The van der Waals surface area contributed by atoms with Crippen molar-refractivity contribution in [3.05, 3.63) is 35.4 Å². The average molecular weight is 330 g/mol. The van der Waals surface area contributed by atoms with Crippen molar-refractivity contribution < 1.29 is 9.53 Å². The zero-order valence-electron chi connectivity index (χ0n) is 15.2. The van der Waals surface area contributed by atoms with Crippen LogP contribution in [-0.4, -0.2) is 35.7 Å². The van der Waals surface area contributed by atoms with E-state index < -0.39 is 5.60 Å². The average Bonchev–Trinajstić information content (AvgIpc) is 2.76. The maximum Gasteiger partial charge on any atom is 0.410 e. The van der Waals surface area contributed by atoms with Crippen molar-refractivity contribution in [1.29, 1.82) is 0 Å². The SMILES string of the molecule is CC(C)(C)OC(=O)N1CCCC(NC2CCc3ccccc32)CC1. The molecule has 2 aliphatic rings. The summed E-state index contributed by atoms with van der Waals surface area (Å²) >= 11 is 0. The molecule has 1 aliphatic heterocycles. The second-order valence-electron chi connectivity index (χ2n) is 8.05. The third kappa shape index (κ3) is 4.29. The molecule has 0 spiro atoms. The lowest BCUT2D eigenvalue weighted by Gasteiger charge is -2.26. The first-order chi connectivity index (χ1) is 11.4. The molecular formula is C20H30N2O2. The number of benzene rings is 1. The number of hydrogen-bond donors (Lipinski definition) is 1. The lowest BCUT2D eigenvalue weighted by molar-refractivity contribution is 0.0256. The molecule has 24 heavy (non-hydrogen) atoms. The monoisotopic (exact) mass is 330 g/mol. The number of rotatable bonds is 2. The smallest absolute Gasteiger partial charge is 0.410 e. The number of carbonyl (C=O) groups is 1. The Balaban J connectivity index is 1.54. The molecule has 1 aromatic rings. The summed E-state index contributed by atoms with van der Waals surface area (Å²) in [6, 6.07) is 9.72. The summed E-state index contributed by atoms with van der Waals surface area (Å²) in [6.45, 7) is 7.34. The minimum atomic E-state index is -0.422. The molecule has 0 aromatic heterocycles. The fourth-order valence-corrected chi connectivity index (χ4v) is 3.79. The van der Waals surface area contributed by atoms with Crippen molar-refractivity contribution in [3.8, 4) is 0 Å². The minimum absolute atomic E-state index is 0.172. The third-order valence-electron chi connectivity index (χ3n) is 4.95. The Bertz CT molecular complexity index is 579. The molecule has 1 N–H and O–H groups in total. The quantitative estimate of drug-likeness (QED) is 0.889. The van der Waals surface area contributed by atoms with Crippen LogP contribution in [0.3, 0.4) is 0 Å². The van der Waals surface area contributed by atoms with Gasteiger partial charge in [-0.2, -0.15) is 0 Å². The van der Waals surface area contributed by atoms with E-state index in [2.05, 4.69) is 29.6 Å². The van der Waals surface area contributed by atoms with Crippen LogP contribution in [0.5, 0.6) is 0 Å². The molecule has 2 atom stereocenters. The van der Waals surface area contributed by atoms with Crippen molar-refractivity contribution >= 4 is 6.09 Å². The Morgan fingerprint density at radius 3 is 2.75 bits per heavy atom. The van der Waals surface area contributed by atoms with Crippen LogP contribution in [0, 0.1) is 0 Å². The summed E-state index contributed by atoms with van der Waals surface area (Å²) < 4.78 is 5.51. The number of ether oxygens (including phenoxy) is 1. The number of hydrogen-bond acceptors (Lipinski definition) is 3. The van der Waals surface area contributed by atoms with E-state index in [0.717, 1.165) is 32.4 Å². The number of likely N-dealkylation sites (tertiary alicyclic amines) is 1. The van der Waals surface area contributed by atoms with E-state index in [4.69, 9.17) is 4.74 Å². The van der Waals surface area contributed by atoms with Gasteiger partial charge in [-0.1, -0.05) is 24.3 Å². The highest BCUT2D eigenvalue weighted by molar-refractivity contribution is 5.68. The Kier molecular flexibility index (Phi) is 5.14. The van der Waals surface area contributed by atoms with Crippen molar-refractivity contribution in [1.82, 2.24) is 10.2 Å². The predicted octanol–water partition coefficient (Wildman–Crippen LogP) is 4.05. The van der Waals surface area contributed by atoms with Gasteiger partial charge >= 0.3 is 6.09 Å². The van der Waals surface area contributed by atoms with Gasteiger partial charge in [-0.3, -0.25) is 0 Å². The predicted molar refractivity (Wildman–Crippen MR) is 96.1 cm³/mol. The molecule has 1 saturated heterocycles. The maximum absolute atomic E-state index is 12.3. The fourth-order valence-electron chi connectivity index (χ4n) is 3.79. The molecule has 1 aromatic carbocycles. The molecule has 132 valence electrons. The van der Waals surface area contributed by atoms with Crippen LogP contribution in [0.1, 0.15) is 63.6 Å². The van der Waals surface area contributed by atoms with Crippen molar-refractivity contribution in [2.45, 2.75) is 70.6 Å². The van der Waals surface area contributed by atoms with Gasteiger partial charge in [0.05, 0.1) is 0 Å². The zero-order chi connectivity index (χ0) is 17.2. The normalized spacial score (nSPS) is 24.4. The van der Waals surface area contributed by atoms with Gasteiger partial charge in [0.25, 0.3) is 0 Å². The molecule has 4 heteroatoms. The lowest BCUT2D eigenvalue weighted by atomic mass is 10.0. The minimum Gasteiger partial charge on any atom is -0.444 e. The highest BCUT2D eigenvalue weighted by Crippen LogP contribution is 2.32. The van der Waals surface area contributed by atoms with Gasteiger partial charge in [-0.15, -0.1) is 0 Å². The first-order valence-corrected chi connectivity index (χ1v) is 9.24. The van der Waals surface area contributed by atoms with Crippen LogP contribution in [0.15, 0.2) is 24.3 Å². The second kappa shape index (κ2) is 7.14. The standard InChI is InChI=1S/C20H30N2O2/c1-20(2,3)24-19(23)22-13-6-8-16(12-14-22)21-18-11-10-15-7-4-5-9-17(15)18/h4-5,7,9,16,18,21H,6,8,10-14H2,1-3H3. The van der Waals surface area contributed by atoms with E-state index in [0.29, 0.717) is 12.1 Å². The summed E-state index contributed by atoms with van der Waals surface area (Å²) in [5.74, 6) is 0. The van der Waals surface area contributed by atoms with E-state index in [1.165, 1.54) is 24.0 Å². The van der Waals surface area contributed by atoms with Gasteiger partial charge in [-0.25, -0.2) is 4.79 Å². The van der Waals surface area contributed by atoms with Gasteiger partial charge in [0.1, 0.15) is 5.60 Å². The first kappa shape index (κ1) is 17.3. The van der Waals surface area contributed by atoms with Gasteiger partial charge in [0.15, 0.2) is 0 Å². The van der Waals surface area contributed by atoms with E-state index in [1.807, 2.05) is 25.7 Å². The van der Waals surface area contributed by atoms with Crippen molar-refractivity contribution in [2.75, 3.05) is 13.1 Å². The van der Waals surface area contributed by atoms with Crippen LogP contribution in [0.25, 0.3) is 0 Å². The molecule has 3 rings (SSSR count). The van der Waals surface area contributed by atoms with Crippen molar-refractivity contribution in [2.24, 2.45) is 0 Å². The van der Waals surface area contributed by atoms with Crippen LogP contribution in [0.4, 0.5) is 4.79 Å². The Labute approximate surface area is 145 Å². The molecule has 0 radical (unpaired) electrons. The van der Waals surface area contributed by atoms with E-state index in [-0.39, 0.29) is 6.09 Å². The second-order valence-corrected chi connectivity index (χ2v) is 8.05. The van der Waals surface area contributed by atoms with E-state index >= 15 is 0 Å². The zero-order valence-corrected chi connectivity index (χ0v) is 15.2. The molecule has 1 fully saturated rings. The van der Waals surface area contributed by atoms with E-state index in [1.54, 1.807) is 0 Å². The molecule has 2 unspecified atom stereocenters. The van der Waals surface area contributed by atoms with Crippen LogP contribution < -0.4 is 5.32 Å². The number of carbonyl (C=O) groups excluding carboxylic acids is 1. The fraction of sp³-hybridized carbons (Fsp3) is 0.650. The third-order valence-corrected chi connectivity index (χ3v) is 4.95. The van der Waals surface area contributed by atoms with Crippen LogP contribution in [0.2, 0.25) is 0 Å². The Morgan fingerprint density at radius 1 is 1.17 bits per heavy atom. The summed E-state index contributed by atoms with van der Waals surface area (Å²) in [7, 11) is 0. The number of nitrogens with zero attached hydrogens (tertiary/aromatic N) is 1. The number of amides is 1. The van der Waals surface area contributed by atoms with Crippen LogP contribution >= 0.6 is 0 Å². The molecule has 4 nitrogen and oxygen atoms in total. The topological polar surface area (TPSA) is 41.6 Å². The molecule has 0 bridgehead atoms. The number of fused-ring (bicyclic) bond motifs is 1. The molecule has 1 amide bonds. The first-order valence-electron chi connectivity index (χ1n) is 9.24. The van der Waals surface area contributed by atoms with Gasteiger partial charge in [0.2, 0.25) is 0 Å². The Hall–Kier alpha value is -1.55. The lowest BCUT2D eigenvalue weighted by Crippen LogP contribution is -2.38.